The first-order valence-electron chi connectivity index (χ1n) is 13.0. The van der Waals surface area contributed by atoms with E-state index in [1.807, 2.05) is 32.9 Å². The molecule has 0 aliphatic rings. The van der Waals surface area contributed by atoms with Crippen molar-refractivity contribution in [2.45, 2.75) is 51.6 Å². The van der Waals surface area contributed by atoms with E-state index in [2.05, 4.69) is 5.32 Å². The van der Waals surface area contributed by atoms with Gasteiger partial charge in [0.05, 0.1) is 10.6 Å². The van der Waals surface area contributed by atoms with Gasteiger partial charge in [-0.2, -0.15) is 0 Å². The van der Waals surface area contributed by atoms with Gasteiger partial charge in [0.2, 0.25) is 11.8 Å². The van der Waals surface area contributed by atoms with Crippen molar-refractivity contribution in [3.63, 3.8) is 0 Å². The summed E-state index contributed by atoms with van der Waals surface area (Å²) in [7, 11) is -4.13. The Kier molecular flexibility index (Phi) is 10.2. The molecule has 0 aromatic heterocycles. The molecule has 9 heteroatoms. The Labute approximate surface area is 230 Å². The summed E-state index contributed by atoms with van der Waals surface area (Å²) in [5.41, 5.74) is 1.77. The van der Waals surface area contributed by atoms with Crippen LogP contribution in [0.4, 0.5) is 10.1 Å². The van der Waals surface area contributed by atoms with Gasteiger partial charge in [0.15, 0.2) is 0 Å². The molecule has 3 rings (SSSR count). The number of halogens is 1. The summed E-state index contributed by atoms with van der Waals surface area (Å²) >= 11 is 0. The molecule has 0 radical (unpaired) electrons. The van der Waals surface area contributed by atoms with Crippen molar-refractivity contribution in [2.24, 2.45) is 5.92 Å². The predicted octanol–water partition coefficient (Wildman–Crippen LogP) is 4.77. The number of benzene rings is 3. The van der Waals surface area contributed by atoms with E-state index in [4.69, 9.17) is 0 Å². The third-order valence-corrected chi connectivity index (χ3v) is 8.14. The molecule has 0 spiro atoms. The monoisotopic (exact) mass is 553 g/mol. The highest BCUT2D eigenvalue weighted by molar-refractivity contribution is 7.92. The molecule has 0 heterocycles. The molecule has 208 valence electrons. The Hall–Kier alpha value is -3.72. The minimum atomic E-state index is -4.13. The minimum absolute atomic E-state index is 0.00400. The van der Waals surface area contributed by atoms with E-state index in [9.17, 15) is 22.4 Å². The van der Waals surface area contributed by atoms with E-state index in [-0.39, 0.29) is 23.3 Å². The van der Waals surface area contributed by atoms with Gasteiger partial charge in [-0.3, -0.25) is 13.9 Å². The Bertz CT molecular complexity index is 1360. The molecule has 0 fully saturated rings. The van der Waals surface area contributed by atoms with Crippen molar-refractivity contribution in [2.75, 3.05) is 17.4 Å². The van der Waals surface area contributed by atoms with Crippen molar-refractivity contribution in [1.82, 2.24) is 10.2 Å². The third-order valence-electron chi connectivity index (χ3n) is 6.37. The average molecular weight is 554 g/mol. The van der Waals surface area contributed by atoms with Crippen LogP contribution in [0.25, 0.3) is 0 Å². The number of nitrogens with one attached hydrogen (secondary N) is 1. The van der Waals surface area contributed by atoms with Crippen molar-refractivity contribution >= 4 is 27.5 Å². The predicted molar refractivity (Wildman–Crippen MR) is 151 cm³/mol. The number of sulfonamides is 1. The second kappa shape index (κ2) is 13.4. The van der Waals surface area contributed by atoms with Crippen LogP contribution in [0.5, 0.6) is 0 Å². The SMILES string of the molecule is CCc1ccccc1N(CC(=O)N(Cc1ccc(F)cc1)C(C)C(=O)NCC(C)C)S(=O)(=O)c1ccccc1. The smallest absolute Gasteiger partial charge is 0.264 e. The summed E-state index contributed by atoms with van der Waals surface area (Å²) in [6, 6.07) is 19.7. The normalized spacial score (nSPS) is 12.2. The van der Waals surface area contributed by atoms with E-state index in [0.717, 1.165) is 9.87 Å². The second-order valence-electron chi connectivity index (χ2n) is 9.77. The van der Waals surface area contributed by atoms with Gasteiger partial charge in [0.25, 0.3) is 10.0 Å². The molecule has 7 nitrogen and oxygen atoms in total. The zero-order valence-corrected chi connectivity index (χ0v) is 23.6. The van der Waals surface area contributed by atoms with Crippen LogP contribution < -0.4 is 9.62 Å². The zero-order chi connectivity index (χ0) is 28.6. The van der Waals surface area contributed by atoms with Crippen LogP contribution in [0.2, 0.25) is 0 Å². The van der Waals surface area contributed by atoms with Gasteiger partial charge in [-0.15, -0.1) is 0 Å². The maximum atomic E-state index is 13.9. The third kappa shape index (κ3) is 7.66. The van der Waals surface area contributed by atoms with Crippen molar-refractivity contribution in [3.8, 4) is 0 Å². The number of carbonyl (C=O) groups excluding carboxylic acids is 2. The minimum Gasteiger partial charge on any atom is -0.354 e. The Balaban J connectivity index is 2.03. The molecule has 39 heavy (non-hydrogen) atoms. The summed E-state index contributed by atoms with van der Waals surface area (Å²) in [5.74, 6) is -1.13. The highest BCUT2D eigenvalue weighted by atomic mass is 32.2. The summed E-state index contributed by atoms with van der Waals surface area (Å²) in [5, 5.41) is 2.85. The van der Waals surface area contributed by atoms with E-state index < -0.39 is 34.3 Å². The fourth-order valence-corrected chi connectivity index (χ4v) is 5.58. The summed E-state index contributed by atoms with van der Waals surface area (Å²) in [4.78, 5) is 28.3. The second-order valence-corrected chi connectivity index (χ2v) is 11.6. The van der Waals surface area contributed by atoms with Gasteiger partial charge in [0, 0.05) is 13.1 Å². The van der Waals surface area contributed by atoms with Gasteiger partial charge >= 0.3 is 0 Å². The van der Waals surface area contributed by atoms with Crippen LogP contribution in [0, 0.1) is 11.7 Å². The lowest BCUT2D eigenvalue weighted by Gasteiger charge is -2.32. The molecular formula is C30H36FN3O4S. The van der Waals surface area contributed by atoms with Crippen LogP contribution in [0.15, 0.2) is 83.8 Å². The van der Waals surface area contributed by atoms with Gasteiger partial charge in [-0.25, -0.2) is 12.8 Å². The first kappa shape index (κ1) is 29.8. The lowest BCUT2D eigenvalue weighted by Crippen LogP contribution is -2.51. The number of rotatable bonds is 12. The first-order chi connectivity index (χ1) is 18.5. The summed E-state index contributed by atoms with van der Waals surface area (Å²) in [6.45, 7) is 7.36. The van der Waals surface area contributed by atoms with Crippen molar-refractivity contribution in [3.05, 3.63) is 95.8 Å². The topological polar surface area (TPSA) is 86.8 Å². The Morgan fingerprint density at radius 2 is 1.51 bits per heavy atom. The van der Waals surface area contributed by atoms with E-state index in [1.54, 1.807) is 49.4 Å². The van der Waals surface area contributed by atoms with E-state index in [1.165, 1.54) is 29.2 Å². The van der Waals surface area contributed by atoms with Crippen molar-refractivity contribution in [1.29, 1.82) is 0 Å². The molecule has 1 atom stereocenters. The molecule has 2 amide bonds. The number of hydrogen-bond donors (Lipinski definition) is 1. The molecule has 3 aromatic carbocycles. The molecule has 0 saturated carbocycles. The highest BCUT2D eigenvalue weighted by Gasteiger charge is 2.33. The fourth-order valence-electron chi connectivity index (χ4n) is 4.11. The van der Waals surface area contributed by atoms with E-state index >= 15 is 0 Å². The maximum absolute atomic E-state index is 13.9. The largest absolute Gasteiger partial charge is 0.354 e. The summed E-state index contributed by atoms with van der Waals surface area (Å²) in [6.07, 6.45) is 0.554. The maximum Gasteiger partial charge on any atom is 0.264 e. The fraction of sp³-hybridized carbons (Fsp3) is 0.333. The van der Waals surface area contributed by atoms with Crippen LogP contribution in [-0.4, -0.2) is 44.3 Å². The molecule has 3 aromatic rings. The first-order valence-corrected chi connectivity index (χ1v) is 14.5. The zero-order valence-electron chi connectivity index (χ0n) is 22.8. The number of amides is 2. The number of hydrogen-bond acceptors (Lipinski definition) is 4. The van der Waals surface area contributed by atoms with Crippen LogP contribution in [-0.2, 0) is 32.6 Å². The van der Waals surface area contributed by atoms with Crippen LogP contribution >= 0.6 is 0 Å². The molecule has 1 N–H and O–H groups in total. The molecule has 1 unspecified atom stereocenters. The lowest BCUT2D eigenvalue weighted by atomic mass is 10.1. The molecular weight excluding hydrogens is 517 g/mol. The summed E-state index contributed by atoms with van der Waals surface area (Å²) < 4.78 is 42.4. The van der Waals surface area contributed by atoms with E-state index in [0.29, 0.717) is 24.2 Å². The number of carbonyl (C=O) groups is 2. The molecule has 0 saturated heterocycles. The van der Waals surface area contributed by atoms with Gasteiger partial charge in [0.1, 0.15) is 18.4 Å². The van der Waals surface area contributed by atoms with Crippen molar-refractivity contribution < 1.29 is 22.4 Å². The molecule has 0 aliphatic carbocycles. The average Bonchev–Trinajstić information content (AvgIpc) is 2.94. The number of nitrogens with zero attached hydrogens (tertiary/aromatic N) is 2. The van der Waals surface area contributed by atoms with Gasteiger partial charge in [-0.1, -0.05) is 69.3 Å². The molecule has 0 aliphatic heterocycles. The van der Waals surface area contributed by atoms with Gasteiger partial charge < -0.3 is 10.2 Å². The quantitative estimate of drug-likeness (QED) is 0.350. The number of aryl methyl sites for hydroxylation is 1. The van der Waals surface area contributed by atoms with Crippen LogP contribution in [0.3, 0.4) is 0 Å². The highest BCUT2D eigenvalue weighted by Crippen LogP contribution is 2.28. The number of para-hydroxylation sites is 1. The lowest BCUT2D eigenvalue weighted by molar-refractivity contribution is -0.139. The standard InChI is InChI=1S/C30H36FN3O4S/c1-5-25-11-9-10-14-28(25)34(39(37,38)27-12-7-6-8-13-27)21-29(35)33(20-24-15-17-26(31)18-16-24)23(4)30(36)32-19-22(2)3/h6-18,22-23H,5,19-21H2,1-4H3,(H,32,36). The Morgan fingerprint density at radius 1 is 0.897 bits per heavy atom. The van der Waals surface area contributed by atoms with Crippen LogP contribution in [0.1, 0.15) is 38.8 Å². The number of anilines is 1. The van der Waals surface area contributed by atoms with Gasteiger partial charge in [-0.05, 0) is 60.7 Å². The Morgan fingerprint density at radius 3 is 2.13 bits per heavy atom. The molecule has 0 bridgehead atoms.